The molecule has 0 spiro atoms. The molecule has 0 bridgehead atoms. The van der Waals surface area contributed by atoms with Gasteiger partial charge in [0.05, 0.1) is 6.04 Å². The van der Waals surface area contributed by atoms with E-state index in [0.29, 0.717) is 5.02 Å². The van der Waals surface area contributed by atoms with Crippen molar-refractivity contribution in [1.82, 2.24) is 0 Å². The average Bonchev–Trinajstić information content (AvgIpc) is 2.20. The molecule has 14 heavy (non-hydrogen) atoms. The Hall–Kier alpha value is -0.610. The number of hydrogen-bond acceptors (Lipinski definition) is 3. The van der Waals surface area contributed by atoms with Gasteiger partial charge >= 0.3 is 0 Å². The van der Waals surface area contributed by atoms with Crippen LogP contribution in [0.25, 0.3) is 0 Å². The summed E-state index contributed by atoms with van der Waals surface area (Å²) in [7, 11) is 3.12. The van der Waals surface area contributed by atoms with Crippen LogP contribution < -0.4 is 5.73 Å². The molecular formula is C10H14ClNO2. The maximum absolute atomic E-state index is 5.92. The molecule has 0 radical (unpaired) electrons. The molecule has 0 saturated carbocycles. The minimum atomic E-state index is -0.434. The van der Waals surface area contributed by atoms with E-state index in [1.807, 2.05) is 12.1 Å². The maximum atomic E-state index is 5.92. The van der Waals surface area contributed by atoms with Crippen LogP contribution in [0.5, 0.6) is 0 Å². The topological polar surface area (TPSA) is 44.5 Å². The lowest BCUT2D eigenvalue weighted by Crippen LogP contribution is -2.29. The van der Waals surface area contributed by atoms with Crippen LogP contribution in [-0.2, 0) is 9.47 Å². The van der Waals surface area contributed by atoms with Gasteiger partial charge in [-0.3, -0.25) is 0 Å². The minimum Gasteiger partial charge on any atom is -0.354 e. The lowest BCUT2D eigenvalue weighted by atomic mass is 10.1. The third-order valence-electron chi connectivity index (χ3n) is 2.01. The molecule has 4 heteroatoms. The van der Waals surface area contributed by atoms with Crippen LogP contribution in [0.3, 0.4) is 0 Å². The predicted octanol–water partition coefficient (Wildman–Crippen LogP) is 1.96. The highest BCUT2D eigenvalue weighted by atomic mass is 35.5. The van der Waals surface area contributed by atoms with E-state index in [-0.39, 0.29) is 6.04 Å². The van der Waals surface area contributed by atoms with Gasteiger partial charge in [-0.25, -0.2) is 0 Å². The lowest BCUT2D eigenvalue weighted by Gasteiger charge is -2.21. The van der Waals surface area contributed by atoms with Crippen molar-refractivity contribution in [3.05, 3.63) is 34.9 Å². The summed E-state index contributed by atoms with van der Waals surface area (Å²) < 4.78 is 10.1. The zero-order valence-electron chi connectivity index (χ0n) is 8.24. The van der Waals surface area contributed by atoms with Crippen LogP contribution in [0.2, 0.25) is 5.02 Å². The van der Waals surface area contributed by atoms with Gasteiger partial charge in [0.2, 0.25) is 0 Å². The summed E-state index contributed by atoms with van der Waals surface area (Å²) in [5.41, 5.74) is 6.85. The fourth-order valence-electron chi connectivity index (χ4n) is 1.23. The first-order valence-electron chi connectivity index (χ1n) is 4.25. The fraction of sp³-hybridized carbons (Fsp3) is 0.400. The van der Waals surface area contributed by atoms with Crippen molar-refractivity contribution in [3.63, 3.8) is 0 Å². The molecule has 0 aliphatic rings. The second-order valence-electron chi connectivity index (χ2n) is 2.92. The first-order chi connectivity index (χ1) is 6.69. The van der Waals surface area contributed by atoms with Crippen LogP contribution in [0, 0.1) is 0 Å². The Bertz CT molecular complexity index is 272. The highest BCUT2D eigenvalue weighted by molar-refractivity contribution is 6.30. The van der Waals surface area contributed by atoms with Gasteiger partial charge in [0.15, 0.2) is 6.29 Å². The molecule has 1 atom stereocenters. The Kier molecular flexibility index (Phi) is 4.35. The van der Waals surface area contributed by atoms with Crippen LogP contribution in [-0.4, -0.2) is 20.5 Å². The van der Waals surface area contributed by atoms with Crippen LogP contribution >= 0.6 is 11.6 Å². The van der Waals surface area contributed by atoms with E-state index in [1.54, 1.807) is 26.4 Å². The van der Waals surface area contributed by atoms with Gasteiger partial charge in [-0.1, -0.05) is 23.7 Å². The first-order valence-corrected chi connectivity index (χ1v) is 4.63. The predicted molar refractivity (Wildman–Crippen MR) is 56.2 cm³/mol. The number of halogens is 1. The largest absolute Gasteiger partial charge is 0.354 e. The van der Waals surface area contributed by atoms with Crippen molar-refractivity contribution < 1.29 is 9.47 Å². The summed E-state index contributed by atoms with van der Waals surface area (Å²) in [6.07, 6.45) is -0.434. The van der Waals surface area contributed by atoms with Crippen molar-refractivity contribution in [1.29, 1.82) is 0 Å². The van der Waals surface area contributed by atoms with Gasteiger partial charge in [-0.2, -0.15) is 0 Å². The lowest BCUT2D eigenvalue weighted by molar-refractivity contribution is -0.117. The van der Waals surface area contributed by atoms with E-state index < -0.39 is 6.29 Å². The Morgan fingerprint density at radius 3 is 2.07 bits per heavy atom. The van der Waals surface area contributed by atoms with E-state index in [2.05, 4.69) is 0 Å². The molecule has 1 aromatic rings. The third kappa shape index (κ3) is 2.69. The summed E-state index contributed by atoms with van der Waals surface area (Å²) in [5, 5.41) is 0.687. The van der Waals surface area contributed by atoms with E-state index in [4.69, 9.17) is 26.8 Å². The van der Waals surface area contributed by atoms with Gasteiger partial charge < -0.3 is 15.2 Å². The number of ether oxygens (including phenoxy) is 2. The van der Waals surface area contributed by atoms with Crippen molar-refractivity contribution in [2.75, 3.05) is 14.2 Å². The van der Waals surface area contributed by atoms with Crippen LogP contribution in [0.4, 0.5) is 0 Å². The molecule has 1 aromatic carbocycles. The molecule has 3 nitrogen and oxygen atoms in total. The summed E-state index contributed by atoms with van der Waals surface area (Å²) >= 11 is 5.76. The number of methoxy groups -OCH3 is 2. The SMILES string of the molecule is COC(OC)C(N)c1ccc(Cl)cc1. The van der Waals surface area contributed by atoms with Crippen molar-refractivity contribution in [3.8, 4) is 0 Å². The molecule has 1 unspecified atom stereocenters. The normalized spacial score (nSPS) is 13.2. The van der Waals surface area contributed by atoms with Gasteiger partial charge in [-0.05, 0) is 17.7 Å². The Balaban J connectivity index is 2.77. The molecule has 0 aromatic heterocycles. The van der Waals surface area contributed by atoms with Gasteiger partial charge in [0.1, 0.15) is 0 Å². The molecule has 0 aliphatic heterocycles. The zero-order valence-corrected chi connectivity index (χ0v) is 8.99. The third-order valence-corrected chi connectivity index (χ3v) is 2.26. The highest BCUT2D eigenvalue weighted by Crippen LogP contribution is 2.19. The van der Waals surface area contributed by atoms with E-state index >= 15 is 0 Å². The molecule has 2 N–H and O–H groups in total. The smallest absolute Gasteiger partial charge is 0.175 e. The summed E-state index contributed by atoms with van der Waals surface area (Å²) in [5.74, 6) is 0. The Labute approximate surface area is 88.8 Å². The quantitative estimate of drug-likeness (QED) is 0.781. The fourth-order valence-corrected chi connectivity index (χ4v) is 1.36. The number of nitrogens with two attached hydrogens (primary N) is 1. The van der Waals surface area contributed by atoms with Crippen LogP contribution in [0.1, 0.15) is 11.6 Å². The van der Waals surface area contributed by atoms with E-state index in [1.165, 1.54) is 0 Å². The van der Waals surface area contributed by atoms with E-state index in [0.717, 1.165) is 5.56 Å². The summed E-state index contributed by atoms with van der Waals surface area (Å²) in [6, 6.07) is 7.00. The standard InChI is InChI=1S/C10H14ClNO2/c1-13-10(14-2)9(12)7-3-5-8(11)6-4-7/h3-6,9-10H,12H2,1-2H3. The molecular weight excluding hydrogens is 202 g/mol. The molecule has 0 heterocycles. The molecule has 1 rings (SSSR count). The maximum Gasteiger partial charge on any atom is 0.175 e. The monoisotopic (exact) mass is 215 g/mol. The van der Waals surface area contributed by atoms with Gasteiger partial charge in [0, 0.05) is 19.2 Å². The van der Waals surface area contributed by atoms with Gasteiger partial charge in [0.25, 0.3) is 0 Å². The van der Waals surface area contributed by atoms with Crippen LogP contribution in [0.15, 0.2) is 24.3 Å². The van der Waals surface area contributed by atoms with Crippen molar-refractivity contribution in [2.45, 2.75) is 12.3 Å². The average molecular weight is 216 g/mol. The van der Waals surface area contributed by atoms with E-state index in [9.17, 15) is 0 Å². The Morgan fingerprint density at radius 2 is 1.64 bits per heavy atom. The minimum absolute atomic E-state index is 0.303. The van der Waals surface area contributed by atoms with Crippen molar-refractivity contribution in [2.24, 2.45) is 5.73 Å². The molecule has 0 amide bonds. The highest BCUT2D eigenvalue weighted by Gasteiger charge is 2.17. The first kappa shape index (κ1) is 11.5. The summed E-state index contributed by atoms with van der Waals surface area (Å²) in [4.78, 5) is 0. The van der Waals surface area contributed by atoms with Gasteiger partial charge in [-0.15, -0.1) is 0 Å². The number of benzene rings is 1. The second-order valence-corrected chi connectivity index (χ2v) is 3.35. The number of rotatable bonds is 4. The molecule has 0 saturated heterocycles. The molecule has 0 fully saturated rings. The zero-order chi connectivity index (χ0) is 10.6. The Morgan fingerprint density at radius 1 is 1.14 bits per heavy atom. The van der Waals surface area contributed by atoms with Crippen molar-refractivity contribution >= 4 is 11.6 Å². The summed E-state index contributed by atoms with van der Waals surface area (Å²) in [6.45, 7) is 0. The molecule has 0 aliphatic carbocycles. The second kappa shape index (κ2) is 5.32. The molecule has 78 valence electrons. The number of hydrogen-bond donors (Lipinski definition) is 1.